The molecule has 0 spiro atoms. The van der Waals surface area contributed by atoms with Gasteiger partial charge in [0.2, 0.25) is 5.89 Å². The van der Waals surface area contributed by atoms with E-state index in [0.717, 1.165) is 27.2 Å². The van der Waals surface area contributed by atoms with Gasteiger partial charge < -0.3 is 9.73 Å². The lowest BCUT2D eigenvalue weighted by Crippen LogP contribution is -1.94. The molecular formula is C24H14ClN3O. The Labute approximate surface area is 171 Å². The minimum absolute atomic E-state index is 0.252. The molecule has 5 heteroatoms. The molecule has 4 nitrogen and oxygen atoms in total. The fraction of sp³-hybridized carbons (Fsp3) is 0. The van der Waals surface area contributed by atoms with E-state index in [9.17, 15) is 5.26 Å². The number of hydrogen-bond acceptors (Lipinski definition) is 4. The number of fused-ring (bicyclic) bond motifs is 3. The molecule has 0 aliphatic carbocycles. The fourth-order valence-electron chi connectivity index (χ4n) is 3.47. The van der Waals surface area contributed by atoms with E-state index >= 15 is 0 Å². The van der Waals surface area contributed by atoms with Crippen LogP contribution in [0.3, 0.4) is 0 Å². The van der Waals surface area contributed by atoms with Crippen molar-refractivity contribution in [2.45, 2.75) is 0 Å². The molecule has 0 saturated carbocycles. The molecule has 0 aliphatic heterocycles. The second-order valence-electron chi connectivity index (χ2n) is 6.64. The summed E-state index contributed by atoms with van der Waals surface area (Å²) in [7, 11) is 0. The first-order chi connectivity index (χ1) is 14.2. The number of nitrogens with zero attached hydrogens (tertiary/aromatic N) is 2. The molecule has 5 rings (SSSR count). The van der Waals surface area contributed by atoms with Gasteiger partial charge in [0, 0.05) is 22.0 Å². The Morgan fingerprint density at radius 2 is 1.66 bits per heavy atom. The fourth-order valence-corrected chi connectivity index (χ4v) is 3.64. The van der Waals surface area contributed by atoms with E-state index in [4.69, 9.17) is 16.0 Å². The predicted octanol–water partition coefficient (Wildman–Crippen LogP) is 6.76. The van der Waals surface area contributed by atoms with Crippen LogP contribution in [0, 0.1) is 11.3 Å². The third-order valence-corrected chi connectivity index (χ3v) is 5.07. The molecule has 0 saturated heterocycles. The smallest absolute Gasteiger partial charge is 0.239 e. The Bertz CT molecular complexity index is 1410. The normalized spacial score (nSPS) is 11.8. The molecule has 1 N–H and O–H groups in total. The Hall–Kier alpha value is -3.81. The van der Waals surface area contributed by atoms with Crippen molar-refractivity contribution in [3.63, 3.8) is 0 Å². The molecule has 0 radical (unpaired) electrons. The predicted molar refractivity (Wildman–Crippen MR) is 118 cm³/mol. The average molecular weight is 396 g/mol. The second kappa shape index (κ2) is 6.97. The highest BCUT2D eigenvalue weighted by Crippen LogP contribution is 2.33. The Kier molecular flexibility index (Phi) is 4.16. The number of aromatic nitrogens is 1. The Balaban J connectivity index is 1.63. The van der Waals surface area contributed by atoms with Gasteiger partial charge in [-0.3, -0.25) is 0 Å². The number of anilines is 1. The number of rotatable bonds is 3. The first-order valence-electron chi connectivity index (χ1n) is 9.07. The number of nitriles is 1. The van der Waals surface area contributed by atoms with E-state index in [2.05, 4.69) is 46.7 Å². The van der Waals surface area contributed by atoms with Crippen LogP contribution in [0.25, 0.3) is 38.2 Å². The van der Waals surface area contributed by atoms with Crippen molar-refractivity contribution in [2.75, 3.05) is 5.32 Å². The van der Waals surface area contributed by atoms with Gasteiger partial charge in [0.15, 0.2) is 5.58 Å². The van der Waals surface area contributed by atoms with Crippen LogP contribution in [0.15, 0.2) is 83.4 Å². The van der Waals surface area contributed by atoms with E-state index in [1.54, 1.807) is 24.4 Å². The third kappa shape index (κ3) is 3.08. The van der Waals surface area contributed by atoms with Gasteiger partial charge in [-0.05, 0) is 35.0 Å². The van der Waals surface area contributed by atoms with Crippen LogP contribution < -0.4 is 5.32 Å². The number of halogens is 1. The number of allylic oxidation sites excluding steroid dienone is 1. The molecule has 0 amide bonds. The number of oxazole rings is 1. The molecule has 1 heterocycles. The van der Waals surface area contributed by atoms with E-state index in [1.807, 2.05) is 24.3 Å². The van der Waals surface area contributed by atoms with Gasteiger partial charge in [-0.15, -0.1) is 0 Å². The van der Waals surface area contributed by atoms with Crippen molar-refractivity contribution in [3.05, 3.63) is 89.9 Å². The molecule has 0 aliphatic rings. The molecule has 138 valence electrons. The van der Waals surface area contributed by atoms with E-state index in [-0.39, 0.29) is 5.89 Å². The van der Waals surface area contributed by atoms with E-state index in [1.165, 1.54) is 0 Å². The molecular weight excluding hydrogens is 382 g/mol. The van der Waals surface area contributed by atoms with Gasteiger partial charge in [0.05, 0.1) is 5.69 Å². The molecule has 1 aromatic heterocycles. The number of nitrogens with one attached hydrogen (secondary N) is 1. The quantitative estimate of drug-likeness (QED) is 0.270. The maximum absolute atomic E-state index is 9.68. The van der Waals surface area contributed by atoms with E-state index in [0.29, 0.717) is 21.7 Å². The highest BCUT2D eigenvalue weighted by atomic mass is 35.5. The molecule has 0 bridgehead atoms. The standard InChI is InChI=1S/C24H14ClN3O/c25-18-9-10-22-21(12-18)28-24(29-22)17(13-26)14-27-23-19-7-3-1-5-15(19)11-16-6-2-4-8-20(16)23/h1-12,14,27H/b17-14+. The summed E-state index contributed by atoms with van der Waals surface area (Å²) in [6, 6.07) is 25.8. The zero-order valence-corrected chi connectivity index (χ0v) is 15.9. The molecule has 0 unspecified atom stereocenters. The Morgan fingerprint density at radius 3 is 2.34 bits per heavy atom. The molecule has 0 fully saturated rings. The lowest BCUT2D eigenvalue weighted by molar-refractivity contribution is 0.586. The zero-order valence-electron chi connectivity index (χ0n) is 15.2. The van der Waals surface area contributed by atoms with Crippen LogP contribution in [-0.4, -0.2) is 4.98 Å². The second-order valence-corrected chi connectivity index (χ2v) is 7.08. The van der Waals surface area contributed by atoms with Crippen LogP contribution in [0.5, 0.6) is 0 Å². The van der Waals surface area contributed by atoms with Gasteiger partial charge >= 0.3 is 0 Å². The van der Waals surface area contributed by atoms with E-state index < -0.39 is 0 Å². The summed E-state index contributed by atoms with van der Waals surface area (Å²) < 4.78 is 5.74. The molecule has 4 aromatic carbocycles. The van der Waals surface area contributed by atoms with Crippen molar-refractivity contribution < 1.29 is 4.42 Å². The van der Waals surface area contributed by atoms with Gasteiger partial charge in [0.1, 0.15) is 17.2 Å². The maximum atomic E-state index is 9.68. The summed E-state index contributed by atoms with van der Waals surface area (Å²) in [5.74, 6) is 0.252. The molecule has 5 aromatic rings. The SMILES string of the molecule is N#C/C(=C\Nc1c2ccccc2cc2ccccc12)c1nc2cc(Cl)ccc2o1. The first-order valence-corrected chi connectivity index (χ1v) is 9.44. The van der Waals surface area contributed by atoms with Crippen LogP contribution in [0.4, 0.5) is 5.69 Å². The molecule has 0 atom stereocenters. The number of hydrogen-bond donors (Lipinski definition) is 1. The van der Waals surface area contributed by atoms with Gasteiger partial charge in [0.25, 0.3) is 0 Å². The monoisotopic (exact) mass is 395 g/mol. The van der Waals surface area contributed by atoms with Crippen molar-refractivity contribution in [1.82, 2.24) is 4.98 Å². The zero-order chi connectivity index (χ0) is 19.8. The lowest BCUT2D eigenvalue weighted by atomic mass is 10.0. The summed E-state index contributed by atoms with van der Waals surface area (Å²) >= 11 is 6.02. The van der Waals surface area contributed by atoms with Crippen molar-refractivity contribution in [3.8, 4) is 6.07 Å². The summed E-state index contributed by atoms with van der Waals surface area (Å²) in [5.41, 5.74) is 2.44. The van der Waals surface area contributed by atoms with Gasteiger partial charge in [-0.1, -0.05) is 60.1 Å². The third-order valence-electron chi connectivity index (χ3n) is 4.83. The number of benzene rings is 4. The topological polar surface area (TPSA) is 61.9 Å². The van der Waals surface area contributed by atoms with Crippen molar-refractivity contribution >= 4 is 55.5 Å². The Morgan fingerprint density at radius 1 is 0.966 bits per heavy atom. The lowest BCUT2D eigenvalue weighted by Gasteiger charge is -2.11. The maximum Gasteiger partial charge on any atom is 0.239 e. The highest BCUT2D eigenvalue weighted by Gasteiger charge is 2.12. The summed E-state index contributed by atoms with van der Waals surface area (Å²) in [5, 5.41) is 18.0. The van der Waals surface area contributed by atoms with Crippen molar-refractivity contribution in [2.24, 2.45) is 0 Å². The largest absolute Gasteiger partial charge is 0.435 e. The minimum atomic E-state index is 0.252. The minimum Gasteiger partial charge on any atom is -0.435 e. The average Bonchev–Trinajstić information content (AvgIpc) is 3.16. The summed E-state index contributed by atoms with van der Waals surface area (Å²) in [6.07, 6.45) is 1.64. The molecule has 29 heavy (non-hydrogen) atoms. The van der Waals surface area contributed by atoms with Crippen LogP contribution in [-0.2, 0) is 0 Å². The summed E-state index contributed by atoms with van der Waals surface area (Å²) in [6.45, 7) is 0. The van der Waals surface area contributed by atoms with Crippen LogP contribution in [0.1, 0.15) is 5.89 Å². The van der Waals surface area contributed by atoms with Gasteiger partial charge in [-0.2, -0.15) is 5.26 Å². The van der Waals surface area contributed by atoms with Crippen LogP contribution in [0.2, 0.25) is 5.02 Å². The first kappa shape index (κ1) is 17.3. The highest BCUT2D eigenvalue weighted by molar-refractivity contribution is 6.31. The van der Waals surface area contributed by atoms with Crippen molar-refractivity contribution in [1.29, 1.82) is 5.26 Å². The van der Waals surface area contributed by atoms with Gasteiger partial charge in [-0.25, -0.2) is 4.98 Å². The van der Waals surface area contributed by atoms with Crippen LogP contribution >= 0.6 is 11.6 Å². The summed E-state index contributed by atoms with van der Waals surface area (Å²) in [4.78, 5) is 4.40.